The highest BCUT2D eigenvalue weighted by Gasteiger charge is 2.07. The Bertz CT molecular complexity index is 425. The Morgan fingerprint density at radius 2 is 2.25 bits per heavy atom. The van der Waals surface area contributed by atoms with Crippen LogP contribution in [0, 0.1) is 0 Å². The lowest BCUT2D eigenvalue weighted by molar-refractivity contribution is 0.0955. The van der Waals surface area contributed by atoms with Gasteiger partial charge in [-0.1, -0.05) is 23.8 Å². The fourth-order valence-corrected chi connectivity index (χ4v) is 1.64. The van der Waals surface area contributed by atoms with E-state index >= 15 is 0 Å². The lowest BCUT2D eigenvalue weighted by Crippen LogP contribution is -2.27. The van der Waals surface area contributed by atoms with Crippen LogP contribution >= 0.6 is 39.7 Å². The van der Waals surface area contributed by atoms with Crippen molar-refractivity contribution in [1.29, 1.82) is 0 Å². The van der Waals surface area contributed by atoms with Gasteiger partial charge in [-0.15, -0.1) is 0 Å². The first kappa shape index (κ1) is 13.4. The van der Waals surface area contributed by atoms with Gasteiger partial charge in [0.15, 0.2) is 0 Å². The Morgan fingerprint density at radius 1 is 1.56 bits per heavy atom. The maximum Gasteiger partial charge on any atom is 0.251 e. The predicted octanol–water partition coefficient (Wildman–Crippen LogP) is 2.51. The van der Waals surface area contributed by atoms with Crippen molar-refractivity contribution in [2.45, 2.75) is 6.42 Å². The third-order valence-corrected chi connectivity index (χ3v) is 3.26. The molecular formula is C10H10BrClN2OS. The van der Waals surface area contributed by atoms with E-state index in [1.807, 2.05) is 0 Å². The molecule has 0 aliphatic rings. The van der Waals surface area contributed by atoms with Crippen LogP contribution in [0.25, 0.3) is 0 Å². The zero-order chi connectivity index (χ0) is 12.1. The number of carbonyl (C=O) groups is 1. The summed E-state index contributed by atoms with van der Waals surface area (Å²) in [5.41, 5.74) is 5.86. The molecule has 0 unspecified atom stereocenters. The highest BCUT2D eigenvalue weighted by atomic mass is 79.9. The van der Waals surface area contributed by atoms with E-state index in [4.69, 9.17) is 29.6 Å². The molecule has 86 valence electrons. The van der Waals surface area contributed by atoms with Crippen molar-refractivity contribution in [2.75, 3.05) is 6.54 Å². The van der Waals surface area contributed by atoms with Gasteiger partial charge in [0.1, 0.15) is 0 Å². The van der Waals surface area contributed by atoms with Crippen molar-refractivity contribution in [1.82, 2.24) is 5.32 Å². The third kappa shape index (κ3) is 4.08. The summed E-state index contributed by atoms with van der Waals surface area (Å²) in [4.78, 5) is 12.0. The minimum absolute atomic E-state index is 0.173. The van der Waals surface area contributed by atoms with Gasteiger partial charge in [0, 0.05) is 23.0 Å². The molecule has 0 aliphatic carbocycles. The third-order valence-electron chi connectivity index (χ3n) is 1.84. The molecule has 3 N–H and O–H groups in total. The van der Waals surface area contributed by atoms with Gasteiger partial charge >= 0.3 is 0 Å². The molecule has 1 amide bonds. The standard InChI is InChI=1S/C10H10BrClN2OS/c11-7-5-6(1-2-8(7)12)10(15)14-4-3-9(13)16/h1-2,5H,3-4H2,(H2,13,16)(H,14,15). The fourth-order valence-electron chi connectivity index (χ4n) is 1.04. The molecule has 1 aromatic carbocycles. The van der Waals surface area contributed by atoms with Gasteiger partial charge in [0.2, 0.25) is 0 Å². The lowest BCUT2D eigenvalue weighted by atomic mass is 10.2. The molecule has 3 nitrogen and oxygen atoms in total. The van der Waals surface area contributed by atoms with Gasteiger partial charge in [-0.05, 0) is 34.1 Å². The van der Waals surface area contributed by atoms with E-state index in [1.54, 1.807) is 18.2 Å². The number of nitrogens with one attached hydrogen (secondary N) is 1. The second-order valence-electron chi connectivity index (χ2n) is 3.10. The van der Waals surface area contributed by atoms with Crippen molar-refractivity contribution >= 4 is 50.6 Å². The minimum Gasteiger partial charge on any atom is -0.393 e. The summed E-state index contributed by atoms with van der Waals surface area (Å²) in [6.07, 6.45) is 0.496. The number of carbonyl (C=O) groups excluding carboxylic acids is 1. The van der Waals surface area contributed by atoms with E-state index in [2.05, 4.69) is 21.2 Å². The number of amides is 1. The largest absolute Gasteiger partial charge is 0.393 e. The van der Waals surface area contributed by atoms with Gasteiger partial charge in [-0.2, -0.15) is 0 Å². The molecule has 1 rings (SSSR count). The molecule has 0 spiro atoms. The fraction of sp³-hybridized carbons (Fsp3) is 0.200. The first-order valence-corrected chi connectivity index (χ1v) is 6.10. The summed E-state index contributed by atoms with van der Waals surface area (Å²) in [6.45, 7) is 0.439. The summed E-state index contributed by atoms with van der Waals surface area (Å²) in [5.74, 6) is -0.173. The quantitative estimate of drug-likeness (QED) is 0.838. The molecule has 0 aromatic heterocycles. The van der Waals surface area contributed by atoms with E-state index < -0.39 is 0 Å². The number of benzene rings is 1. The van der Waals surface area contributed by atoms with E-state index in [-0.39, 0.29) is 5.91 Å². The summed E-state index contributed by atoms with van der Waals surface area (Å²) in [5, 5.41) is 3.28. The highest BCUT2D eigenvalue weighted by molar-refractivity contribution is 9.10. The van der Waals surface area contributed by atoms with Crippen molar-refractivity contribution in [3.8, 4) is 0 Å². The highest BCUT2D eigenvalue weighted by Crippen LogP contribution is 2.23. The number of hydrogen-bond donors (Lipinski definition) is 2. The zero-order valence-electron chi connectivity index (χ0n) is 8.30. The van der Waals surface area contributed by atoms with Crippen LogP contribution in [0.2, 0.25) is 5.02 Å². The summed E-state index contributed by atoms with van der Waals surface area (Å²) in [6, 6.07) is 4.98. The SMILES string of the molecule is NC(=S)CCNC(=O)c1ccc(Cl)c(Br)c1. The molecule has 0 fully saturated rings. The van der Waals surface area contributed by atoms with Gasteiger partial charge in [0.05, 0.1) is 10.0 Å². The summed E-state index contributed by atoms with van der Waals surface area (Å²) < 4.78 is 0.691. The summed E-state index contributed by atoms with van der Waals surface area (Å²) >= 11 is 13.8. The molecule has 0 atom stereocenters. The molecule has 0 heterocycles. The number of thiocarbonyl (C=S) groups is 1. The van der Waals surface area contributed by atoms with Crippen LogP contribution in [-0.2, 0) is 0 Å². The Hall–Kier alpha value is -0.650. The van der Waals surface area contributed by atoms with Crippen molar-refractivity contribution < 1.29 is 4.79 Å². The lowest BCUT2D eigenvalue weighted by Gasteiger charge is -2.05. The van der Waals surface area contributed by atoms with Crippen LogP contribution in [0.4, 0.5) is 0 Å². The molecule has 0 radical (unpaired) electrons. The van der Waals surface area contributed by atoms with Crippen LogP contribution in [0.3, 0.4) is 0 Å². The van der Waals surface area contributed by atoms with Crippen LogP contribution in [0.5, 0.6) is 0 Å². The molecule has 0 saturated heterocycles. The molecule has 0 saturated carbocycles. The van der Waals surface area contributed by atoms with Crippen molar-refractivity contribution in [3.63, 3.8) is 0 Å². The maximum absolute atomic E-state index is 11.6. The average Bonchev–Trinajstić information content (AvgIpc) is 2.21. The average molecular weight is 322 g/mol. The number of halogens is 2. The second-order valence-corrected chi connectivity index (χ2v) is 4.89. The molecule has 0 aliphatic heterocycles. The van der Waals surface area contributed by atoms with E-state index in [0.717, 1.165) is 0 Å². The monoisotopic (exact) mass is 320 g/mol. The van der Waals surface area contributed by atoms with Crippen molar-refractivity contribution in [3.05, 3.63) is 33.3 Å². The topological polar surface area (TPSA) is 55.1 Å². The Kier molecular flexibility index (Phi) is 5.18. The Balaban J connectivity index is 2.59. The first-order chi connectivity index (χ1) is 7.50. The normalized spacial score (nSPS) is 9.88. The van der Waals surface area contributed by atoms with E-state index in [9.17, 15) is 4.79 Å². The van der Waals surface area contributed by atoms with Crippen LogP contribution in [0.1, 0.15) is 16.8 Å². The smallest absolute Gasteiger partial charge is 0.251 e. The first-order valence-electron chi connectivity index (χ1n) is 4.52. The molecule has 6 heteroatoms. The Morgan fingerprint density at radius 3 is 2.81 bits per heavy atom. The molecule has 16 heavy (non-hydrogen) atoms. The van der Waals surface area contributed by atoms with Crippen LogP contribution < -0.4 is 11.1 Å². The zero-order valence-corrected chi connectivity index (χ0v) is 11.5. The van der Waals surface area contributed by atoms with Gasteiger partial charge < -0.3 is 11.1 Å². The Labute approximate surface area is 112 Å². The molecule has 1 aromatic rings. The number of rotatable bonds is 4. The van der Waals surface area contributed by atoms with Gasteiger partial charge in [-0.25, -0.2) is 0 Å². The molecular weight excluding hydrogens is 312 g/mol. The summed E-state index contributed by atoms with van der Waals surface area (Å²) in [7, 11) is 0. The van der Waals surface area contributed by atoms with E-state index in [1.165, 1.54) is 0 Å². The van der Waals surface area contributed by atoms with Crippen molar-refractivity contribution in [2.24, 2.45) is 5.73 Å². The van der Waals surface area contributed by atoms with Crippen LogP contribution in [0.15, 0.2) is 22.7 Å². The van der Waals surface area contributed by atoms with E-state index in [0.29, 0.717) is 33.0 Å². The molecule has 0 bridgehead atoms. The second kappa shape index (κ2) is 6.18. The predicted molar refractivity (Wildman–Crippen MR) is 72.9 cm³/mol. The maximum atomic E-state index is 11.6. The van der Waals surface area contributed by atoms with Crippen LogP contribution in [-0.4, -0.2) is 17.4 Å². The van der Waals surface area contributed by atoms with Gasteiger partial charge in [0.25, 0.3) is 5.91 Å². The number of hydrogen-bond acceptors (Lipinski definition) is 2. The van der Waals surface area contributed by atoms with Gasteiger partial charge in [-0.3, -0.25) is 4.79 Å². The minimum atomic E-state index is -0.173. The number of nitrogens with two attached hydrogens (primary N) is 1.